The van der Waals surface area contributed by atoms with E-state index in [1.807, 2.05) is 0 Å². The summed E-state index contributed by atoms with van der Waals surface area (Å²) in [4.78, 5) is 4.56. The summed E-state index contributed by atoms with van der Waals surface area (Å²) in [6.07, 6.45) is 0. The van der Waals surface area contributed by atoms with Crippen LogP contribution in [-0.2, 0) is 10.0 Å². The Labute approximate surface area is 114 Å². The molecule has 1 heterocycles. The van der Waals surface area contributed by atoms with Crippen LogP contribution in [0.3, 0.4) is 0 Å². The molecule has 0 radical (unpaired) electrons. The van der Waals surface area contributed by atoms with E-state index in [4.69, 9.17) is 10.9 Å². The van der Waals surface area contributed by atoms with Gasteiger partial charge in [-0.15, -0.1) is 0 Å². The molecule has 0 atom stereocenters. The summed E-state index contributed by atoms with van der Waals surface area (Å²) >= 11 is 0. The molecule has 2 rings (SSSR count). The Morgan fingerprint density at radius 3 is 2.37 bits per heavy atom. The zero-order chi connectivity index (χ0) is 14.0. The molecule has 0 aromatic heterocycles. The van der Waals surface area contributed by atoms with E-state index in [2.05, 4.69) is 16.7 Å². The van der Waals surface area contributed by atoms with E-state index in [-0.39, 0.29) is 4.90 Å². The molecule has 0 amide bonds. The van der Waals surface area contributed by atoms with Crippen molar-refractivity contribution in [1.29, 1.82) is 0 Å². The minimum atomic E-state index is -3.69. The highest BCUT2D eigenvalue weighted by atomic mass is 32.2. The molecule has 0 aliphatic carbocycles. The number of hydrogen-bond acceptors (Lipinski definition) is 5. The molecule has 0 spiro atoms. The number of benzene rings is 1. The predicted molar refractivity (Wildman–Crippen MR) is 76.6 cm³/mol. The van der Waals surface area contributed by atoms with Crippen molar-refractivity contribution in [3.8, 4) is 0 Å². The maximum Gasteiger partial charge on any atom is 0.238 e. The summed E-state index contributed by atoms with van der Waals surface area (Å²) in [7, 11) is -3.69. The quantitative estimate of drug-likeness (QED) is 0.766. The largest absolute Gasteiger partial charge is 0.397 e. The number of sulfonamides is 1. The van der Waals surface area contributed by atoms with Crippen molar-refractivity contribution in [3.63, 3.8) is 0 Å². The predicted octanol–water partition coefficient (Wildman–Crippen LogP) is 0.0581. The van der Waals surface area contributed by atoms with E-state index >= 15 is 0 Å². The van der Waals surface area contributed by atoms with Gasteiger partial charge in [0.05, 0.1) is 16.3 Å². The van der Waals surface area contributed by atoms with Crippen molar-refractivity contribution in [1.82, 2.24) is 4.90 Å². The van der Waals surface area contributed by atoms with Gasteiger partial charge in [-0.05, 0) is 24.7 Å². The van der Waals surface area contributed by atoms with E-state index < -0.39 is 10.0 Å². The molecule has 1 aliphatic heterocycles. The Bertz CT molecular complexity index is 551. The number of nitrogens with zero attached hydrogens (tertiary/aromatic N) is 2. The SMILES string of the molecule is CCN1CCN(c2cc(S(N)(=O)=O)ccc2N)CC1. The number of primary sulfonamides is 1. The van der Waals surface area contributed by atoms with E-state index in [1.54, 1.807) is 12.1 Å². The van der Waals surface area contributed by atoms with E-state index in [0.717, 1.165) is 38.4 Å². The van der Waals surface area contributed by atoms with Crippen LogP contribution < -0.4 is 15.8 Å². The summed E-state index contributed by atoms with van der Waals surface area (Å²) in [5.41, 5.74) is 7.27. The second-order valence-electron chi connectivity index (χ2n) is 4.69. The molecule has 7 heteroatoms. The third-order valence-electron chi connectivity index (χ3n) is 3.49. The van der Waals surface area contributed by atoms with E-state index in [0.29, 0.717) is 5.69 Å². The number of likely N-dealkylation sites (N-methyl/N-ethyl adjacent to an activating group) is 1. The summed E-state index contributed by atoms with van der Waals surface area (Å²) in [6, 6.07) is 4.60. The van der Waals surface area contributed by atoms with Crippen LogP contribution in [0.25, 0.3) is 0 Å². The van der Waals surface area contributed by atoms with Crippen molar-refractivity contribution >= 4 is 21.4 Å². The van der Waals surface area contributed by atoms with Crippen LogP contribution in [0.15, 0.2) is 23.1 Å². The molecule has 1 aromatic rings. The lowest BCUT2D eigenvalue weighted by molar-refractivity contribution is 0.271. The highest BCUT2D eigenvalue weighted by molar-refractivity contribution is 7.89. The van der Waals surface area contributed by atoms with Crippen molar-refractivity contribution in [2.24, 2.45) is 5.14 Å². The van der Waals surface area contributed by atoms with Gasteiger partial charge in [0.1, 0.15) is 0 Å². The summed E-state index contributed by atoms with van der Waals surface area (Å²) in [5, 5.41) is 5.15. The molecule has 0 unspecified atom stereocenters. The van der Waals surface area contributed by atoms with Gasteiger partial charge >= 0.3 is 0 Å². The van der Waals surface area contributed by atoms with Crippen LogP contribution >= 0.6 is 0 Å². The molecule has 6 nitrogen and oxygen atoms in total. The summed E-state index contributed by atoms with van der Waals surface area (Å²) < 4.78 is 22.8. The summed E-state index contributed by atoms with van der Waals surface area (Å²) in [5.74, 6) is 0. The van der Waals surface area contributed by atoms with Crippen molar-refractivity contribution in [2.45, 2.75) is 11.8 Å². The fourth-order valence-electron chi connectivity index (χ4n) is 2.28. The standard InChI is InChI=1S/C12H20N4O2S/c1-2-15-5-7-16(8-6-15)12-9-10(19(14,17)18)3-4-11(12)13/h3-4,9H,2,5-8,13H2,1H3,(H2,14,17,18). The lowest BCUT2D eigenvalue weighted by Gasteiger charge is -2.36. The third-order valence-corrected chi connectivity index (χ3v) is 4.40. The average molecular weight is 284 g/mol. The molecule has 0 bridgehead atoms. The van der Waals surface area contributed by atoms with Gasteiger partial charge in [0.15, 0.2) is 0 Å². The number of rotatable bonds is 3. The van der Waals surface area contributed by atoms with Crippen LogP contribution in [0.4, 0.5) is 11.4 Å². The Morgan fingerprint density at radius 1 is 1.21 bits per heavy atom. The van der Waals surface area contributed by atoms with Crippen LogP contribution in [0.1, 0.15) is 6.92 Å². The van der Waals surface area contributed by atoms with Crippen LogP contribution in [0.2, 0.25) is 0 Å². The van der Waals surface area contributed by atoms with Crippen molar-refractivity contribution < 1.29 is 8.42 Å². The lowest BCUT2D eigenvalue weighted by atomic mass is 10.2. The Kier molecular flexibility index (Phi) is 3.98. The smallest absolute Gasteiger partial charge is 0.238 e. The summed E-state index contributed by atoms with van der Waals surface area (Å²) in [6.45, 7) is 6.75. The van der Waals surface area contributed by atoms with Gasteiger partial charge in [0, 0.05) is 26.2 Å². The number of nitrogen functional groups attached to an aromatic ring is 1. The van der Waals surface area contributed by atoms with Crippen molar-refractivity contribution in [2.75, 3.05) is 43.4 Å². The van der Waals surface area contributed by atoms with E-state index in [1.165, 1.54) is 6.07 Å². The van der Waals surface area contributed by atoms with E-state index in [9.17, 15) is 8.42 Å². The Morgan fingerprint density at radius 2 is 1.84 bits per heavy atom. The molecule has 0 saturated carbocycles. The molecule has 19 heavy (non-hydrogen) atoms. The zero-order valence-electron chi connectivity index (χ0n) is 11.0. The fourth-order valence-corrected chi connectivity index (χ4v) is 2.81. The van der Waals surface area contributed by atoms with Gasteiger partial charge in [-0.1, -0.05) is 6.92 Å². The molecular weight excluding hydrogens is 264 g/mol. The monoisotopic (exact) mass is 284 g/mol. The number of hydrogen-bond donors (Lipinski definition) is 2. The minimum Gasteiger partial charge on any atom is -0.397 e. The molecule has 1 aromatic carbocycles. The van der Waals surface area contributed by atoms with Crippen LogP contribution in [0.5, 0.6) is 0 Å². The molecule has 1 fully saturated rings. The first-order valence-corrected chi connectivity index (χ1v) is 7.86. The fraction of sp³-hybridized carbons (Fsp3) is 0.500. The minimum absolute atomic E-state index is 0.106. The number of nitrogens with two attached hydrogens (primary N) is 2. The second-order valence-corrected chi connectivity index (χ2v) is 6.25. The first-order chi connectivity index (χ1) is 8.91. The molecule has 4 N–H and O–H groups in total. The molecule has 1 aliphatic rings. The van der Waals surface area contributed by atoms with Crippen molar-refractivity contribution in [3.05, 3.63) is 18.2 Å². The molecule has 1 saturated heterocycles. The molecular formula is C12H20N4O2S. The maximum absolute atomic E-state index is 11.4. The van der Waals surface area contributed by atoms with Gasteiger partial charge in [0.25, 0.3) is 0 Å². The number of anilines is 2. The first kappa shape index (κ1) is 14.1. The zero-order valence-corrected chi connectivity index (χ0v) is 11.9. The average Bonchev–Trinajstić information content (AvgIpc) is 2.38. The third kappa shape index (κ3) is 3.17. The normalized spacial score (nSPS) is 17.7. The van der Waals surface area contributed by atoms with Gasteiger partial charge in [-0.25, -0.2) is 13.6 Å². The highest BCUT2D eigenvalue weighted by Crippen LogP contribution is 2.27. The van der Waals surface area contributed by atoms with Crippen LogP contribution in [-0.4, -0.2) is 46.0 Å². The second kappa shape index (κ2) is 5.36. The Hall–Kier alpha value is -1.31. The maximum atomic E-state index is 11.4. The van der Waals surface area contributed by atoms with Gasteiger partial charge in [-0.3, -0.25) is 0 Å². The van der Waals surface area contributed by atoms with Gasteiger partial charge < -0.3 is 15.5 Å². The lowest BCUT2D eigenvalue weighted by Crippen LogP contribution is -2.46. The first-order valence-electron chi connectivity index (χ1n) is 6.31. The molecule has 106 valence electrons. The topological polar surface area (TPSA) is 92.7 Å². The van der Waals surface area contributed by atoms with Crippen LogP contribution in [0, 0.1) is 0 Å². The Balaban J connectivity index is 2.25. The highest BCUT2D eigenvalue weighted by Gasteiger charge is 2.19. The van der Waals surface area contributed by atoms with Gasteiger partial charge in [-0.2, -0.15) is 0 Å². The number of piperazine rings is 1. The van der Waals surface area contributed by atoms with Gasteiger partial charge in [0.2, 0.25) is 10.0 Å².